The van der Waals surface area contributed by atoms with Crippen molar-refractivity contribution in [2.75, 3.05) is 19.6 Å². The quantitative estimate of drug-likeness (QED) is 0.892. The Balaban J connectivity index is 1.72. The van der Waals surface area contributed by atoms with Crippen molar-refractivity contribution in [1.82, 2.24) is 10.2 Å². The summed E-state index contributed by atoms with van der Waals surface area (Å²) < 4.78 is 5.81. The highest BCUT2D eigenvalue weighted by molar-refractivity contribution is 5.79. The van der Waals surface area contributed by atoms with Gasteiger partial charge in [0.25, 0.3) is 0 Å². The van der Waals surface area contributed by atoms with Gasteiger partial charge in [0.05, 0.1) is 0 Å². The Morgan fingerprint density at radius 3 is 2.28 bits per heavy atom. The van der Waals surface area contributed by atoms with E-state index in [1.807, 2.05) is 49.9 Å². The predicted molar refractivity (Wildman–Crippen MR) is 98.5 cm³/mol. The number of hydrogen-bond donors (Lipinski definition) is 1. The van der Waals surface area contributed by atoms with Crippen molar-refractivity contribution >= 4 is 11.8 Å². The largest absolute Gasteiger partial charge is 0.488 e. The van der Waals surface area contributed by atoms with E-state index in [9.17, 15) is 9.59 Å². The molecular formula is C20H30N2O3. The molecule has 1 aromatic carbocycles. The molecule has 2 rings (SSSR count). The van der Waals surface area contributed by atoms with Crippen molar-refractivity contribution in [3.63, 3.8) is 0 Å². The van der Waals surface area contributed by atoms with Gasteiger partial charge in [0.15, 0.2) is 0 Å². The average Bonchev–Trinajstić information content (AvgIpc) is 2.55. The molecule has 1 aliphatic rings. The standard InChI is InChI=1S/C20H30N2O3/c1-15(23)22-13-10-17(11-14-22)19(24)21-12-9-16-5-7-18(8-6-16)25-20(2,3)4/h5-8,17H,9-14H2,1-4H3,(H,21,24). The average molecular weight is 346 g/mol. The summed E-state index contributed by atoms with van der Waals surface area (Å²) in [5, 5.41) is 3.02. The second kappa shape index (κ2) is 8.37. The highest BCUT2D eigenvalue weighted by Gasteiger charge is 2.25. The second-order valence-electron chi connectivity index (χ2n) is 7.68. The van der Waals surface area contributed by atoms with E-state index in [1.165, 1.54) is 5.56 Å². The van der Waals surface area contributed by atoms with Crippen molar-refractivity contribution < 1.29 is 14.3 Å². The molecule has 138 valence electrons. The number of ether oxygens (including phenoxy) is 1. The fraction of sp³-hybridized carbons (Fsp3) is 0.600. The summed E-state index contributed by atoms with van der Waals surface area (Å²) in [6.07, 6.45) is 2.31. The molecule has 1 aromatic rings. The number of benzene rings is 1. The van der Waals surface area contributed by atoms with Crippen LogP contribution in [0.5, 0.6) is 5.75 Å². The van der Waals surface area contributed by atoms with Crippen LogP contribution in [0.1, 0.15) is 46.1 Å². The van der Waals surface area contributed by atoms with E-state index in [0.717, 1.165) is 25.0 Å². The molecule has 0 saturated carbocycles. The fourth-order valence-electron chi connectivity index (χ4n) is 3.01. The zero-order valence-electron chi connectivity index (χ0n) is 15.8. The van der Waals surface area contributed by atoms with Gasteiger partial charge in [-0.1, -0.05) is 12.1 Å². The third-order valence-electron chi connectivity index (χ3n) is 4.37. The van der Waals surface area contributed by atoms with Crippen molar-refractivity contribution in [3.05, 3.63) is 29.8 Å². The van der Waals surface area contributed by atoms with Gasteiger partial charge < -0.3 is 15.0 Å². The zero-order valence-corrected chi connectivity index (χ0v) is 15.8. The first kappa shape index (κ1) is 19.3. The van der Waals surface area contributed by atoms with E-state index in [4.69, 9.17) is 4.74 Å². The highest BCUT2D eigenvalue weighted by Crippen LogP contribution is 2.19. The number of nitrogens with zero attached hydrogens (tertiary/aromatic N) is 1. The second-order valence-corrected chi connectivity index (χ2v) is 7.68. The van der Waals surface area contributed by atoms with Crippen LogP contribution in [0.2, 0.25) is 0 Å². The molecule has 0 aliphatic carbocycles. The molecule has 1 heterocycles. The number of likely N-dealkylation sites (tertiary alicyclic amines) is 1. The van der Waals surface area contributed by atoms with Crippen LogP contribution in [-0.4, -0.2) is 41.9 Å². The monoisotopic (exact) mass is 346 g/mol. The van der Waals surface area contributed by atoms with E-state index in [1.54, 1.807) is 6.92 Å². The van der Waals surface area contributed by atoms with Crippen LogP contribution in [0.25, 0.3) is 0 Å². The Bertz CT molecular complexity index is 582. The minimum atomic E-state index is -0.201. The summed E-state index contributed by atoms with van der Waals surface area (Å²) in [7, 11) is 0. The van der Waals surface area contributed by atoms with Crippen LogP contribution in [0.3, 0.4) is 0 Å². The van der Waals surface area contributed by atoms with Gasteiger partial charge in [0, 0.05) is 32.5 Å². The third kappa shape index (κ3) is 6.40. The van der Waals surface area contributed by atoms with Crippen molar-refractivity contribution in [3.8, 4) is 5.75 Å². The normalized spacial score (nSPS) is 15.8. The number of piperidine rings is 1. The summed E-state index contributed by atoms with van der Waals surface area (Å²) >= 11 is 0. The first-order valence-corrected chi connectivity index (χ1v) is 9.06. The summed E-state index contributed by atoms with van der Waals surface area (Å²) in [6, 6.07) is 8.02. The van der Waals surface area contributed by atoms with Crippen LogP contribution in [0.15, 0.2) is 24.3 Å². The maximum Gasteiger partial charge on any atom is 0.223 e. The molecule has 5 nitrogen and oxygen atoms in total. The number of nitrogens with one attached hydrogen (secondary N) is 1. The smallest absolute Gasteiger partial charge is 0.223 e. The first-order chi connectivity index (χ1) is 11.7. The number of carbonyl (C=O) groups excluding carboxylic acids is 2. The van der Waals surface area contributed by atoms with Gasteiger partial charge in [-0.25, -0.2) is 0 Å². The van der Waals surface area contributed by atoms with Crippen LogP contribution in [0.4, 0.5) is 0 Å². The molecular weight excluding hydrogens is 316 g/mol. The van der Waals surface area contributed by atoms with Crippen molar-refractivity contribution in [1.29, 1.82) is 0 Å². The van der Waals surface area contributed by atoms with E-state index < -0.39 is 0 Å². The molecule has 0 bridgehead atoms. The molecule has 0 radical (unpaired) electrons. The Hall–Kier alpha value is -2.04. The minimum absolute atomic E-state index is 0.0261. The molecule has 0 atom stereocenters. The topological polar surface area (TPSA) is 58.6 Å². The number of hydrogen-bond acceptors (Lipinski definition) is 3. The number of amides is 2. The Labute approximate surface area is 150 Å². The third-order valence-corrected chi connectivity index (χ3v) is 4.37. The molecule has 0 aromatic heterocycles. The highest BCUT2D eigenvalue weighted by atomic mass is 16.5. The molecule has 1 aliphatic heterocycles. The number of carbonyl (C=O) groups is 2. The molecule has 0 spiro atoms. The van der Waals surface area contributed by atoms with Crippen LogP contribution in [-0.2, 0) is 16.0 Å². The Kier molecular flexibility index (Phi) is 6.45. The van der Waals surface area contributed by atoms with Gasteiger partial charge in [0.2, 0.25) is 11.8 Å². The molecule has 2 amide bonds. The zero-order chi connectivity index (χ0) is 18.4. The van der Waals surface area contributed by atoms with E-state index in [0.29, 0.717) is 19.6 Å². The van der Waals surface area contributed by atoms with Crippen molar-refractivity contribution in [2.24, 2.45) is 5.92 Å². The molecule has 1 N–H and O–H groups in total. The lowest BCUT2D eigenvalue weighted by molar-refractivity contribution is -0.133. The molecule has 0 unspecified atom stereocenters. The first-order valence-electron chi connectivity index (χ1n) is 9.06. The van der Waals surface area contributed by atoms with Gasteiger partial charge in [-0.05, 0) is 57.7 Å². The van der Waals surface area contributed by atoms with Gasteiger partial charge in [0.1, 0.15) is 11.4 Å². The van der Waals surface area contributed by atoms with Gasteiger partial charge in [-0.15, -0.1) is 0 Å². The summed E-state index contributed by atoms with van der Waals surface area (Å²) in [5.74, 6) is 1.09. The van der Waals surface area contributed by atoms with E-state index >= 15 is 0 Å². The van der Waals surface area contributed by atoms with Gasteiger partial charge in [-0.2, -0.15) is 0 Å². The fourth-order valence-corrected chi connectivity index (χ4v) is 3.01. The van der Waals surface area contributed by atoms with Crippen molar-refractivity contribution in [2.45, 2.75) is 52.6 Å². The van der Waals surface area contributed by atoms with Crippen LogP contribution < -0.4 is 10.1 Å². The summed E-state index contributed by atoms with van der Waals surface area (Å²) in [6.45, 7) is 9.65. The minimum Gasteiger partial charge on any atom is -0.488 e. The van der Waals surface area contributed by atoms with Crippen LogP contribution >= 0.6 is 0 Å². The van der Waals surface area contributed by atoms with Crippen LogP contribution in [0, 0.1) is 5.92 Å². The molecule has 1 saturated heterocycles. The lowest BCUT2D eigenvalue weighted by Gasteiger charge is -2.30. The maximum atomic E-state index is 12.2. The van der Waals surface area contributed by atoms with E-state index in [2.05, 4.69) is 5.32 Å². The maximum absolute atomic E-state index is 12.2. The lowest BCUT2D eigenvalue weighted by atomic mass is 9.96. The number of rotatable bonds is 5. The molecule has 1 fully saturated rings. The SMILES string of the molecule is CC(=O)N1CCC(C(=O)NCCc2ccc(OC(C)(C)C)cc2)CC1. The van der Waals surface area contributed by atoms with Gasteiger partial charge >= 0.3 is 0 Å². The molecule has 25 heavy (non-hydrogen) atoms. The molecule has 5 heteroatoms. The van der Waals surface area contributed by atoms with Gasteiger partial charge in [-0.3, -0.25) is 9.59 Å². The Morgan fingerprint density at radius 1 is 1.16 bits per heavy atom. The van der Waals surface area contributed by atoms with E-state index in [-0.39, 0.29) is 23.3 Å². The summed E-state index contributed by atoms with van der Waals surface area (Å²) in [4.78, 5) is 25.4. The Morgan fingerprint density at radius 2 is 1.76 bits per heavy atom. The summed E-state index contributed by atoms with van der Waals surface area (Å²) in [5.41, 5.74) is 0.973. The lowest BCUT2D eigenvalue weighted by Crippen LogP contribution is -2.42. The predicted octanol–water partition coefficient (Wildman–Crippen LogP) is 2.78.